The van der Waals surface area contributed by atoms with Gasteiger partial charge in [-0.15, -0.1) is 0 Å². The van der Waals surface area contributed by atoms with Crippen molar-refractivity contribution < 1.29 is 4.79 Å². The number of carbonyl (C=O) groups is 1. The van der Waals surface area contributed by atoms with E-state index in [1.54, 1.807) is 12.1 Å². The molecule has 1 aromatic rings. The van der Waals surface area contributed by atoms with E-state index in [-0.39, 0.29) is 17.4 Å². The van der Waals surface area contributed by atoms with Crippen molar-refractivity contribution >= 4 is 29.1 Å². The van der Waals surface area contributed by atoms with Gasteiger partial charge >= 0.3 is 0 Å². The molecular weight excluding hydrogens is 307 g/mol. The van der Waals surface area contributed by atoms with Gasteiger partial charge in [0.15, 0.2) is 0 Å². The van der Waals surface area contributed by atoms with Gasteiger partial charge in [-0.05, 0) is 49.4 Å². The second-order valence-electron chi connectivity index (χ2n) is 6.16. The summed E-state index contributed by atoms with van der Waals surface area (Å²) in [5, 5.41) is 4.13. The van der Waals surface area contributed by atoms with Crippen LogP contribution in [0.4, 0.5) is 0 Å². The Morgan fingerprint density at radius 1 is 1.33 bits per heavy atom. The van der Waals surface area contributed by atoms with E-state index < -0.39 is 0 Å². The third-order valence-electron chi connectivity index (χ3n) is 3.66. The number of halogens is 2. The Morgan fingerprint density at radius 3 is 2.57 bits per heavy atom. The highest BCUT2D eigenvalue weighted by molar-refractivity contribution is 6.35. The quantitative estimate of drug-likeness (QED) is 0.781. The maximum absolute atomic E-state index is 12.0. The van der Waals surface area contributed by atoms with Crippen molar-refractivity contribution in [3.63, 3.8) is 0 Å². The number of nitrogens with two attached hydrogens (primary N) is 1. The van der Waals surface area contributed by atoms with E-state index in [0.717, 1.165) is 18.4 Å². The van der Waals surface area contributed by atoms with E-state index >= 15 is 0 Å². The van der Waals surface area contributed by atoms with Crippen LogP contribution in [-0.2, 0) is 4.79 Å². The fraction of sp³-hybridized carbons (Fsp3) is 0.562. The minimum atomic E-state index is -0.139. The molecule has 0 fully saturated rings. The van der Waals surface area contributed by atoms with Crippen LogP contribution in [0.3, 0.4) is 0 Å². The van der Waals surface area contributed by atoms with E-state index in [9.17, 15) is 4.79 Å². The van der Waals surface area contributed by atoms with E-state index in [1.165, 1.54) is 0 Å². The van der Waals surface area contributed by atoms with Crippen LogP contribution < -0.4 is 11.1 Å². The molecule has 0 aliphatic rings. The molecule has 0 aliphatic heterocycles. The van der Waals surface area contributed by atoms with Gasteiger partial charge in [0.05, 0.1) is 6.04 Å². The predicted molar refractivity (Wildman–Crippen MR) is 89.7 cm³/mol. The van der Waals surface area contributed by atoms with Crippen LogP contribution in [0.25, 0.3) is 0 Å². The average molecular weight is 331 g/mol. The molecule has 3 nitrogen and oxygen atoms in total. The zero-order chi connectivity index (χ0) is 16.0. The first-order valence-electron chi connectivity index (χ1n) is 7.19. The van der Waals surface area contributed by atoms with Crippen molar-refractivity contribution in [2.75, 3.05) is 6.54 Å². The van der Waals surface area contributed by atoms with Crippen molar-refractivity contribution in [1.29, 1.82) is 0 Å². The molecule has 0 saturated carbocycles. The molecule has 0 spiro atoms. The van der Waals surface area contributed by atoms with Crippen LogP contribution in [0.15, 0.2) is 18.2 Å². The van der Waals surface area contributed by atoms with Crippen molar-refractivity contribution in [1.82, 2.24) is 5.32 Å². The molecule has 0 aliphatic carbocycles. The van der Waals surface area contributed by atoms with Crippen molar-refractivity contribution in [3.05, 3.63) is 33.8 Å². The number of amides is 1. The van der Waals surface area contributed by atoms with E-state index in [0.29, 0.717) is 23.0 Å². The molecule has 0 radical (unpaired) electrons. The number of rotatable bonds is 7. The first-order valence-corrected chi connectivity index (χ1v) is 7.95. The van der Waals surface area contributed by atoms with E-state index in [4.69, 9.17) is 28.9 Å². The zero-order valence-corrected chi connectivity index (χ0v) is 14.4. The maximum Gasteiger partial charge on any atom is 0.220 e. The molecule has 1 unspecified atom stereocenters. The van der Waals surface area contributed by atoms with Crippen LogP contribution in [0.5, 0.6) is 0 Å². The molecule has 5 heteroatoms. The Labute approximate surface area is 137 Å². The Bertz CT molecular complexity index is 489. The molecule has 0 heterocycles. The number of carbonyl (C=O) groups excluding carboxylic acids is 1. The van der Waals surface area contributed by atoms with Gasteiger partial charge in [0, 0.05) is 16.5 Å². The minimum Gasteiger partial charge on any atom is -0.350 e. The first kappa shape index (κ1) is 18.3. The Balaban J connectivity index is 2.54. The van der Waals surface area contributed by atoms with Crippen LogP contribution >= 0.6 is 23.2 Å². The number of hydrogen-bond acceptors (Lipinski definition) is 2. The van der Waals surface area contributed by atoms with Crippen LogP contribution in [-0.4, -0.2) is 12.5 Å². The molecule has 21 heavy (non-hydrogen) atoms. The summed E-state index contributed by atoms with van der Waals surface area (Å²) in [6.07, 6.45) is 2.22. The summed E-state index contributed by atoms with van der Waals surface area (Å²) in [7, 11) is 0. The summed E-state index contributed by atoms with van der Waals surface area (Å²) < 4.78 is 0. The van der Waals surface area contributed by atoms with Gasteiger partial charge in [0.2, 0.25) is 5.91 Å². The summed E-state index contributed by atoms with van der Waals surface area (Å²) in [5.41, 5.74) is 6.54. The fourth-order valence-corrected chi connectivity index (χ4v) is 2.78. The molecule has 3 N–H and O–H groups in total. The standard InChI is InChI=1S/C16H24Cl2N2O/c1-11(13-5-4-12(17)10-14(13)18)20-15(21)6-7-16(2,3)8-9-19/h4-5,10-11H,6-9,19H2,1-3H3,(H,20,21). The lowest BCUT2D eigenvalue weighted by Gasteiger charge is -2.24. The SMILES string of the molecule is CC(NC(=O)CCC(C)(C)CCN)c1ccc(Cl)cc1Cl. The average Bonchev–Trinajstić information content (AvgIpc) is 2.36. The number of hydrogen-bond donors (Lipinski definition) is 2. The number of benzene rings is 1. The Hall–Kier alpha value is -0.770. The largest absolute Gasteiger partial charge is 0.350 e. The summed E-state index contributed by atoms with van der Waals surface area (Å²) >= 11 is 12.0. The Kier molecular flexibility index (Phi) is 6.98. The molecule has 0 saturated heterocycles. The topological polar surface area (TPSA) is 55.1 Å². The highest BCUT2D eigenvalue weighted by Crippen LogP contribution is 2.28. The van der Waals surface area contributed by atoms with E-state index in [1.807, 2.05) is 13.0 Å². The highest BCUT2D eigenvalue weighted by Gasteiger charge is 2.19. The first-order chi connectivity index (χ1) is 9.75. The molecule has 118 valence electrons. The van der Waals surface area contributed by atoms with Gasteiger partial charge in [0.25, 0.3) is 0 Å². The fourth-order valence-electron chi connectivity index (χ4n) is 2.21. The van der Waals surface area contributed by atoms with Gasteiger partial charge in [-0.1, -0.05) is 43.1 Å². The zero-order valence-electron chi connectivity index (χ0n) is 12.9. The third-order valence-corrected chi connectivity index (χ3v) is 4.22. The summed E-state index contributed by atoms with van der Waals surface area (Å²) in [6, 6.07) is 5.16. The molecule has 0 bridgehead atoms. The summed E-state index contributed by atoms with van der Waals surface area (Å²) in [4.78, 5) is 12.0. The highest BCUT2D eigenvalue weighted by atomic mass is 35.5. The van der Waals surface area contributed by atoms with Crippen LogP contribution in [0.1, 0.15) is 51.6 Å². The summed E-state index contributed by atoms with van der Waals surface area (Å²) in [6.45, 7) is 6.82. The second-order valence-corrected chi connectivity index (χ2v) is 7.00. The predicted octanol–water partition coefficient (Wildman–Crippen LogP) is 4.33. The third kappa shape index (κ3) is 6.25. The Morgan fingerprint density at radius 2 is 2.00 bits per heavy atom. The molecule has 1 amide bonds. The van der Waals surface area contributed by atoms with Crippen LogP contribution in [0, 0.1) is 5.41 Å². The van der Waals surface area contributed by atoms with Crippen molar-refractivity contribution in [3.8, 4) is 0 Å². The van der Waals surface area contributed by atoms with Crippen LogP contribution in [0.2, 0.25) is 10.0 Å². The normalized spacial score (nSPS) is 13.0. The summed E-state index contributed by atoms with van der Waals surface area (Å²) in [5.74, 6) is 0.0265. The molecule has 1 rings (SSSR count). The van der Waals surface area contributed by atoms with E-state index in [2.05, 4.69) is 19.2 Å². The molecule has 1 aromatic carbocycles. The monoisotopic (exact) mass is 330 g/mol. The van der Waals surface area contributed by atoms with Gasteiger partial charge in [-0.2, -0.15) is 0 Å². The molecule has 0 aromatic heterocycles. The molecule has 1 atom stereocenters. The second kappa shape index (κ2) is 8.02. The van der Waals surface area contributed by atoms with Gasteiger partial charge in [-0.3, -0.25) is 4.79 Å². The lowest BCUT2D eigenvalue weighted by Crippen LogP contribution is -2.28. The van der Waals surface area contributed by atoms with Crippen molar-refractivity contribution in [2.45, 2.75) is 46.1 Å². The van der Waals surface area contributed by atoms with Gasteiger partial charge < -0.3 is 11.1 Å². The molecular formula is C16H24Cl2N2O. The minimum absolute atomic E-state index is 0.0265. The lowest BCUT2D eigenvalue weighted by atomic mass is 9.84. The smallest absolute Gasteiger partial charge is 0.220 e. The van der Waals surface area contributed by atoms with Gasteiger partial charge in [0.1, 0.15) is 0 Å². The van der Waals surface area contributed by atoms with Gasteiger partial charge in [-0.25, -0.2) is 0 Å². The lowest BCUT2D eigenvalue weighted by molar-refractivity contribution is -0.122. The number of nitrogens with one attached hydrogen (secondary N) is 1. The maximum atomic E-state index is 12.0. The van der Waals surface area contributed by atoms with Crippen molar-refractivity contribution in [2.24, 2.45) is 11.1 Å².